The van der Waals surface area contributed by atoms with Gasteiger partial charge in [0, 0.05) is 26.2 Å². The predicted molar refractivity (Wildman–Crippen MR) is 70.4 cm³/mol. The highest BCUT2D eigenvalue weighted by atomic mass is 16.5. The molecule has 1 aliphatic carbocycles. The Bertz CT molecular complexity index is 188. The molecule has 1 fully saturated rings. The maximum absolute atomic E-state index is 5.56. The lowest BCUT2D eigenvalue weighted by Crippen LogP contribution is -2.44. The third-order valence-electron chi connectivity index (χ3n) is 3.34. The van der Waals surface area contributed by atoms with Gasteiger partial charge in [0.25, 0.3) is 0 Å². The average Bonchev–Trinajstić information content (AvgIpc) is 2.33. The molecule has 0 aliphatic heterocycles. The molecule has 1 saturated carbocycles. The van der Waals surface area contributed by atoms with Crippen LogP contribution in [0.5, 0.6) is 0 Å². The predicted octanol–water partition coefficient (Wildman–Crippen LogP) is 1.11. The van der Waals surface area contributed by atoms with Crippen molar-refractivity contribution in [3.63, 3.8) is 0 Å². The first kappa shape index (κ1) is 14.9. The third kappa shape index (κ3) is 6.36. The van der Waals surface area contributed by atoms with Crippen molar-refractivity contribution in [3.8, 4) is 0 Å². The van der Waals surface area contributed by atoms with Crippen LogP contribution in [0.25, 0.3) is 0 Å². The van der Waals surface area contributed by atoms with Crippen LogP contribution in [0.15, 0.2) is 0 Å². The summed E-state index contributed by atoms with van der Waals surface area (Å²) in [5.41, 5.74) is 0. The molecule has 2 atom stereocenters. The fraction of sp³-hybridized carbons (Fsp3) is 1.00. The van der Waals surface area contributed by atoms with Crippen LogP contribution in [0, 0.1) is 0 Å². The van der Waals surface area contributed by atoms with Crippen LogP contribution in [0.1, 0.15) is 25.7 Å². The highest BCUT2D eigenvalue weighted by Crippen LogP contribution is 2.20. The fourth-order valence-corrected chi connectivity index (χ4v) is 2.28. The van der Waals surface area contributed by atoms with Crippen molar-refractivity contribution in [2.75, 3.05) is 47.5 Å². The van der Waals surface area contributed by atoms with Crippen molar-refractivity contribution in [1.29, 1.82) is 0 Å². The molecule has 2 unspecified atom stereocenters. The molecule has 0 amide bonds. The number of nitrogens with zero attached hydrogens (tertiary/aromatic N) is 1. The topological polar surface area (TPSA) is 33.7 Å². The van der Waals surface area contributed by atoms with Crippen LogP contribution in [0.3, 0.4) is 0 Å². The first-order chi connectivity index (χ1) is 8.24. The fourth-order valence-electron chi connectivity index (χ4n) is 2.28. The van der Waals surface area contributed by atoms with E-state index in [2.05, 4.69) is 24.3 Å². The maximum atomic E-state index is 5.56. The summed E-state index contributed by atoms with van der Waals surface area (Å²) in [6, 6.07) is 0.520. The minimum Gasteiger partial charge on any atom is -0.380 e. The van der Waals surface area contributed by atoms with E-state index in [1.165, 1.54) is 25.7 Å². The summed E-state index contributed by atoms with van der Waals surface area (Å²) in [5, 5.41) is 3.55. The zero-order valence-electron chi connectivity index (χ0n) is 11.6. The van der Waals surface area contributed by atoms with E-state index in [1.54, 1.807) is 0 Å². The Morgan fingerprint density at radius 2 is 1.94 bits per heavy atom. The van der Waals surface area contributed by atoms with Gasteiger partial charge in [0.1, 0.15) is 0 Å². The third-order valence-corrected chi connectivity index (χ3v) is 3.34. The Morgan fingerprint density at radius 3 is 2.65 bits per heavy atom. The van der Waals surface area contributed by atoms with Crippen LogP contribution < -0.4 is 5.32 Å². The molecule has 4 nitrogen and oxygen atoms in total. The molecule has 0 heterocycles. The first-order valence-electron chi connectivity index (χ1n) is 6.72. The van der Waals surface area contributed by atoms with Crippen LogP contribution in [-0.4, -0.2) is 64.6 Å². The Kier molecular flexibility index (Phi) is 7.77. The number of methoxy groups -OCH3 is 1. The minimum atomic E-state index is 0.394. The number of rotatable bonds is 8. The Balaban J connectivity index is 2.01. The average molecular weight is 244 g/mol. The number of hydrogen-bond donors (Lipinski definition) is 1. The Hall–Kier alpha value is -0.160. The SMILES string of the molecule is COC1CCCCC1NCCOCCN(C)C. The lowest BCUT2D eigenvalue weighted by atomic mass is 9.92. The van der Waals surface area contributed by atoms with Gasteiger partial charge < -0.3 is 19.7 Å². The minimum absolute atomic E-state index is 0.394. The zero-order chi connectivity index (χ0) is 12.5. The highest BCUT2D eigenvalue weighted by Gasteiger charge is 2.23. The van der Waals surface area contributed by atoms with Gasteiger partial charge in [-0.25, -0.2) is 0 Å². The smallest absolute Gasteiger partial charge is 0.0724 e. The Morgan fingerprint density at radius 1 is 1.18 bits per heavy atom. The molecule has 4 heteroatoms. The van der Waals surface area contributed by atoms with E-state index in [0.717, 1.165) is 26.3 Å². The number of hydrogen-bond acceptors (Lipinski definition) is 4. The van der Waals surface area contributed by atoms with Crippen molar-refractivity contribution in [3.05, 3.63) is 0 Å². The molecule has 0 aromatic rings. The number of ether oxygens (including phenoxy) is 2. The van der Waals surface area contributed by atoms with Gasteiger partial charge in [0.2, 0.25) is 0 Å². The second kappa shape index (κ2) is 8.86. The summed E-state index contributed by atoms with van der Waals surface area (Å²) in [5.74, 6) is 0. The van der Waals surface area contributed by atoms with Crippen molar-refractivity contribution in [2.45, 2.75) is 37.8 Å². The first-order valence-corrected chi connectivity index (χ1v) is 6.72. The summed E-state index contributed by atoms with van der Waals surface area (Å²) in [6.07, 6.45) is 5.44. The van der Waals surface area contributed by atoms with Gasteiger partial charge in [-0.05, 0) is 26.9 Å². The summed E-state index contributed by atoms with van der Waals surface area (Å²) < 4.78 is 11.1. The quantitative estimate of drug-likeness (QED) is 0.649. The van der Waals surface area contributed by atoms with Crippen molar-refractivity contribution < 1.29 is 9.47 Å². The van der Waals surface area contributed by atoms with E-state index in [9.17, 15) is 0 Å². The molecule has 0 aromatic carbocycles. The van der Waals surface area contributed by atoms with Crippen LogP contribution >= 0.6 is 0 Å². The van der Waals surface area contributed by atoms with Crippen LogP contribution in [-0.2, 0) is 9.47 Å². The maximum Gasteiger partial charge on any atom is 0.0724 e. The van der Waals surface area contributed by atoms with E-state index in [4.69, 9.17) is 9.47 Å². The molecular weight excluding hydrogens is 216 g/mol. The summed E-state index contributed by atoms with van der Waals surface area (Å²) >= 11 is 0. The Labute approximate surface area is 106 Å². The molecule has 0 radical (unpaired) electrons. The van der Waals surface area contributed by atoms with Gasteiger partial charge in [0.05, 0.1) is 19.3 Å². The second-order valence-corrected chi connectivity index (χ2v) is 5.03. The van der Waals surface area contributed by atoms with Gasteiger partial charge in [-0.15, -0.1) is 0 Å². The summed E-state index contributed by atoms with van der Waals surface area (Å²) in [4.78, 5) is 2.13. The van der Waals surface area contributed by atoms with Crippen molar-refractivity contribution in [1.82, 2.24) is 10.2 Å². The summed E-state index contributed by atoms with van der Waals surface area (Å²) in [7, 11) is 5.94. The van der Waals surface area contributed by atoms with E-state index in [1.807, 2.05) is 7.11 Å². The van der Waals surface area contributed by atoms with Crippen molar-refractivity contribution in [2.24, 2.45) is 0 Å². The number of likely N-dealkylation sites (N-methyl/N-ethyl adjacent to an activating group) is 1. The van der Waals surface area contributed by atoms with Crippen molar-refractivity contribution >= 4 is 0 Å². The highest BCUT2D eigenvalue weighted by molar-refractivity contribution is 4.81. The molecular formula is C13H28N2O2. The van der Waals surface area contributed by atoms with E-state index in [-0.39, 0.29) is 0 Å². The molecule has 1 rings (SSSR count). The monoisotopic (exact) mass is 244 g/mol. The molecule has 17 heavy (non-hydrogen) atoms. The normalized spacial score (nSPS) is 25.4. The zero-order valence-corrected chi connectivity index (χ0v) is 11.6. The lowest BCUT2D eigenvalue weighted by Gasteiger charge is -2.31. The van der Waals surface area contributed by atoms with E-state index >= 15 is 0 Å². The van der Waals surface area contributed by atoms with Crippen LogP contribution in [0.2, 0.25) is 0 Å². The van der Waals surface area contributed by atoms with Gasteiger partial charge in [-0.3, -0.25) is 0 Å². The molecule has 0 spiro atoms. The second-order valence-electron chi connectivity index (χ2n) is 5.03. The van der Waals surface area contributed by atoms with Gasteiger partial charge in [0.15, 0.2) is 0 Å². The van der Waals surface area contributed by atoms with Gasteiger partial charge in [-0.1, -0.05) is 12.8 Å². The van der Waals surface area contributed by atoms with Gasteiger partial charge >= 0.3 is 0 Å². The molecule has 0 aromatic heterocycles. The summed E-state index contributed by atoms with van der Waals surface area (Å²) in [6.45, 7) is 3.52. The molecule has 0 bridgehead atoms. The lowest BCUT2D eigenvalue weighted by molar-refractivity contribution is 0.0373. The van der Waals surface area contributed by atoms with Gasteiger partial charge in [-0.2, -0.15) is 0 Å². The van der Waals surface area contributed by atoms with E-state index in [0.29, 0.717) is 12.1 Å². The number of nitrogens with one attached hydrogen (secondary N) is 1. The standard InChI is InChI=1S/C13H28N2O2/c1-15(2)9-11-17-10-8-14-12-6-4-5-7-13(12)16-3/h12-14H,4-11H2,1-3H3. The molecule has 0 saturated heterocycles. The molecule has 1 aliphatic rings. The largest absolute Gasteiger partial charge is 0.380 e. The molecule has 102 valence electrons. The van der Waals surface area contributed by atoms with Crippen LogP contribution in [0.4, 0.5) is 0 Å². The van der Waals surface area contributed by atoms with E-state index < -0.39 is 0 Å². The molecule has 1 N–H and O–H groups in total.